The second kappa shape index (κ2) is 5.21. The number of aryl methyl sites for hydroxylation is 1. The number of hydrogen-bond acceptors (Lipinski definition) is 3. The summed E-state index contributed by atoms with van der Waals surface area (Å²) in [5.41, 5.74) is 2.40. The van der Waals surface area contributed by atoms with Crippen LogP contribution in [0.25, 0.3) is 10.9 Å². The highest BCUT2D eigenvalue weighted by Crippen LogP contribution is 2.20. The fraction of sp³-hybridized carbons (Fsp3) is 0.133. The number of nitrogens with one attached hydrogen (secondary N) is 2. The van der Waals surface area contributed by atoms with Crippen LogP contribution in [0.5, 0.6) is 0 Å². The van der Waals surface area contributed by atoms with Crippen LogP contribution in [-0.2, 0) is 16.4 Å². The number of aromatic amines is 1. The van der Waals surface area contributed by atoms with E-state index in [-0.39, 0.29) is 4.90 Å². The number of nitrogens with zero attached hydrogens (tertiary/aromatic N) is 1. The fourth-order valence-electron chi connectivity index (χ4n) is 2.12. The number of anilines is 1. The lowest BCUT2D eigenvalue weighted by atomic mass is 10.2. The smallest absolute Gasteiger partial charge is 0.261 e. The maximum absolute atomic E-state index is 12.3. The van der Waals surface area contributed by atoms with Crippen LogP contribution in [0.2, 0.25) is 0 Å². The molecule has 0 unspecified atom stereocenters. The zero-order valence-corrected chi connectivity index (χ0v) is 12.3. The van der Waals surface area contributed by atoms with Crippen LogP contribution in [-0.4, -0.2) is 18.6 Å². The van der Waals surface area contributed by atoms with Crippen LogP contribution in [0.3, 0.4) is 0 Å². The van der Waals surface area contributed by atoms with Crippen LogP contribution in [0.4, 0.5) is 5.69 Å². The van der Waals surface area contributed by atoms with Gasteiger partial charge in [0.15, 0.2) is 0 Å². The molecule has 0 amide bonds. The molecule has 0 bridgehead atoms. The van der Waals surface area contributed by atoms with Crippen molar-refractivity contribution in [1.29, 1.82) is 0 Å². The number of H-pyrrole nitrogens is 1. The third-order valence-corrected chi connectivity index (χ3v) is 4.73. The lowest BCUT2D eigenvalue weighted by Crippen LogP contribution is -2.12. The maximum atomic E-state index is 12.3. The van der Waals surface area contributed by atoms with Crippen molar-refractivity contribution in [1.82, 2.24) is 10.2 Å². The van der Waals surface area contributed by atoms with Gasteiger partial charge in [-0.05, 0) is 42.3 Å². The van der Waals surface area contributed by atoms with Gasteiger partial charge in [-0.3, -0.25) is 9.82 Å². The average molecular weight is 301 g/mol. The molecule has 2 N–H and O–H groups in total. The average Bonchev–Trinajstić information content (AvgIpc) is 2.94. The molecule has 0 spiro atoms. The SMILES string of the molecule is CCc1ccc(S(=O)(=O)Nc2ccc3cn[nH]c3c2)cc1. The first-order valence-electron chi connectivity index (χ1n) is 6.63. The van der Waals surface area contributed by atoms with Gasteiger partial charge in [0.25, 0.3) is 10.0 Å². The van der Waals surface area contributed by atoms with E-state index in [1.165, 1.54) is 0 Å². The van der Waals surface area contributed by atoms with Gasteiger partial charge in [0, 0.05) is 5.39 Å². The van der Waals surface area contributed by atoms with Crippen molar-refractivity contribution in [2.24, 2.45) is 0 Å². The molecular formula is C15H15N3O2S. The van der Waals surface area contributed by atoms with E-state index in [9.17, 15) is 8.42 Å². The van der Waals surface area contributed by atoms with Crippen molar-refractivity contribution >= 4 is 26.6 Å². The number of benzene rings is 2. The van der Waals surface area contributed by atoms with Gasteiger partial charge in [0.05, 0.1) is 22.3 Å². The monoisotopic (exact) mass is 301 g/mol. The van der Waals surface area contributed by atoms with Gasteiger partial charge >= 0.3 is 0 Å². The molecule has 3 aromatic rings. The molecule has 0 aliphatic heterocycles. The molecule has 0 radical (unpaired) electrons. The number of fused-ring (bicyclic) bond motifs is 1. The molecule has 21 heavy (non-hydrogen) atoms. The van der Waals surface area contributed by atoms with Crippen molar-refractivity contribution in [3.63, 3.8) is 0 Å². The van der Waals surface area contributed by atoms with E-state index >= 15 is 0 Å². The van der Waals surface area contributed by atoms with Crippen LogP contribution < -0.4 is 4.72 Å². The minimum Gasteiger partial charge on any atom is -0.280 e. The van der Waals surface area contributed by atoms with E-state index in [4.69, 9.17) is 0 Å². The molecule has 0 saturated carbocycles. The Morgan fingerprint density at radius 1 is 1.14 bits per heavy atom. The van der Waals surface area contributed by atoms with Crippen LogP contribution in [0.15, 0.2) is 53.6 Å². The van der Waals surface area contributed by atoms with Crippen molar-refractivity contribution in [2.75, 3.05) is 4.72 Å². The Hall–Kier alpha value is -2.34. The molecule has 0 fully saturated rings. The van der Waals surface area contributed by atoms with Gasteiger partial charge < -0.3 is 0 Å². The molecule has 0 aliphatic carbocycles. The summed E-state index contributed by atoms with van der Waals surface area (Å²) in [7, 11) is -3.57. The molecule has 1 heterocycles. The number of sulfonamides is 1. The van der Waals surface area contributed by atoms with E-state index in [0.717, 1.165) is 22.9 Å². The van der Waals surface area contributed by atoms with Gasteiger partial charge in [-0.25, -0.2) is 8.42 Å². The van der Waals surface area contributed by atoms with Crippen LogP contribution in [0, 0.1) is 0 Å². The third-order valence-electron chi connectivity index (χ3n) is 3.34. The third kappa shape index (κ3) is 2.75. The first-order valence-corrected chi connectivity index (χ1v) is 8.12. The summed E-state index contributed by atoms with van der Waals surface area (Å²) in [6.07, 6.45) is 2.57. The topological polar surface area (TPSA) is 74.8 Å². The quantitative estimate of drug-likeness (QED) is 0.778. The summed E-state index contributed by atoms with van der Waals surface area (Å²) >= 11 is 0. The summed E-state index contributed by atoms with van der Waals surface area (Å²) in [5.74, 6) is 0. The van der Waals surface area contributed by atoms with Crippen molar-refractivity contribution in [2.45, 2.75) is 18.2 Å². The fourth-order valence-corrected chi connectivity index (χ4v) is 3.17. The summed E-state index contributed by atoms with van der Waals surface area (Å²) < 4.78 is 27.3. The summed E-state index contributed by atoms with van der Waals surface area (Å²) in [4.78, 5) is 0.254. The molecule has 0 atom stereocenters. The van der Waals surface area contributed by atoms with E-state index < -0.39 is 10.0 Å². The van der Waals surface area contributed by atoms with Crippen LogP contribution in [0.1, 0.15) is 12.5 Å². The Morgan fingerprint density at radius 2 is 1.90 bits per heavy atom. The Labute approximate surface area is 123 Å². The number of rotatable bonds is 4. The van der Waals surface area contributed by atoms with E-state index in [2.05, 4.69) is 14.9 Å². The van der Waals surface area contributed by atoms with E-state index in [1.54, 1.807) is 30.5 Å². The zero-order chi connectivity index (χ0) is 14.9. The predicted molar refractivity (Wildman–Crippen MR) is 82.7 cm³/mol. The Bertz CT molecular complexity index is 867. The second-order valence-electron chi connectivity index (χ2n) is 4.78. The molecule has 1 aromatic heterocycles. The standard InChI is InChI=1S/C15H15N3O2S/c1-2-11-3-7-14(8-4-11)21(19,20)18-13-6-5-12-10-16-17-15(12)9-13/h3-10,18H,2H2,1H3,(H,16,17). The Morgan fingerprint density at radius 3 is 2.62 bits per heavy atom. The Kier molecular flexibility index (Phi) is 3.39. The maximum Gasteiger partial charge on any atom is 0.261 e. The van der Waals surface area contributed by atoms with Gasteiger partial charge in [0.1, 0.15) is 0 Å². The summed E-state index contributed by atoms with van der Waals surface area (Å²) in [5, 5.41) is 7.67. The van der Waals surface area contributed by atoms with E-state index in [1.807, 2.05) is 25.1 Å². The lowest BCUT2D eigenvalue weighted by Gasteiger charge is -2.08. The molecule has 2 aromatic carbocycles. The lowest BCUT2D eigenvalue weighted by molar-refractivity contribution is 0.601. The van der Waals surface area contributed by atoms with Crippen molar-refractivity contribution < 1.29 is 8.42 Å². The molecule has 0 aliphatic rings. The largest absolute Gasteiger partial charge is 0.280 e. The highest BCUT2D eigenvalue weighted by atomic mass is 32.2. The molecule has 108 valence electrons. The molecule has 5 nitrogen and oxygen atoms in total. The van der Waals surface area contributed by atoms with Gasteiger partial charge in [-0.15, -0.1) is 0 Å². The van der Waals surface area contributed by atoms with Gasteiger partial charge in [0.2, 0.25) is 0 Å². The number of aromatic nitrogens is 2. The Balaban J connectivity index is 1.90. The summed E-state index contributed by atoms with van der Waals surface area (Å²) in [6, 6.07) is 12.2. The minimum absolute atomic E-state index is 0.254. The van der Waals surface area contributed by atoms with Crippen molar-refractivity contribution in [3.8, 4) is 0 Å². The molecular weight excluding hydrogens is 286 g/mol. The number of hydrogen-bond donors (Lipinski definition) is 2. The zero-order valence-electron chi connectivity index (χ0n) is 11.5. The molecule has 6 heteroatoms. The predicted octanol–water partition coefficient (Wildman–Crippen LogP) is 2.93. The van der Waals surface area contributed by atoms with Crippen LogP contribution >= 0.6 is 0 Å². The van der Waals surface area contributed by atoms with Crippen molar-refractivity contribution in [3.05, 3.63) is 54.2 Å². The highest BCUT2D eigenvalue weighted by Gasteiger charge is 2.14. The summed E-state index contributed by atoms with van der Waals surface area (Å²) in [6.45, 7) is 2.03. The van der Waals surface area contributed by atoms with Gasteiger partial charge in [-0.2, -0.15) is 5.10 Å². The second-order valence-corrected chi connectivity index (χ2v) is 6.46. The normalized spacial score (nSPS) is 11.7. The van der Waals surface area contributed by atoms with E-state index in [0.29, 0.717) is 5.69 Å². The highest BCUT2D eigenvalue weighted by molar-refractivity contribution is 7.92. The van der Waals surface area contributed by atoms with Gasteiger partial charge in [-0.1, -0.05) is 19.1 Å². The first kappa shape index (κ1) is 13.6. The minimum atomic E-state index is -3.57. The molecule has 0 saturated heterocycles. The first-order chi connectivity index (χ1) is 10.1. The molecule has 3 rings (SSSR count).